The number of aromatic hydroxyl groups is 5. The molecule has 2 aromatic carbocycles. The largest absolute Gasteiger partial charge is 0.507 e. The number of phenols is 5. The van der Waals surface area contributed by atoms with Crippen molar-refractivity contribution < 1.29 is 39.9 Å². The van der Waals surface area contributed by atoms with Crippen LogP contribution in [0.1, 0.15) is 90.9 Å². The molecule has 0 bridgehead atoms. The van der Waals surface area contributed by atoms with Crippen molar-refractivity contribution >= 4 is 17.6 Å². The Labute approximate surface area is 210 Å². The molecular formula is C28H34O8. The predicted octanol–water partition coefficient (Wildman–Crippen LogP) is 5.37. The van der Waals surface area contributed by atoms with Crippen LogP contribution in [0, 0.1) is 18.8 Å². The van der Waals surface area contributed by atoms with Gasteiger partial charge in [0.1, 0.15) is 51.2 Å². The van der Waals surface area contributed by atoms with Gasteiger partial charge in [0, 0.05) is 34.9 Å². The summed E-state index contributed by atoms with van der Waals surface area (Å²) in [6, 6.07) is 0. The Bertz CT molecular complexity index is 1280. The van der Waals surface area contributed by atoms with Gasteiger partial charge in [-0.25, -0.2) is 0 Å². The predicted molar refractivity (Wildman–Crippen MR) is 135 cm³/mol. The third kappa shape index (κ3) is 4.36. The normalized spacial score (nSPS) is 14.9. The summed E-state index contributed by atoms with van der Waals surface area (Å²) in [5.74, 6) is -4.52. The lowest BCUT2D eigenvalue weighted by atomic mass is 9.86. The van der Waals surface area contributed by atoms with Crippen molar-refractivity contribution in [2.24, 2.45) is 11.8 Å². The second kappa shape index (κ2) is 9.41. The molecule has 36 heavy (non-hydrogen) atoms. The Morgan fingerprint density at radius 3 is 1.97 bits per heavy atom. The van der Waals surface area contributed by atoms with Gasteiger partial charge in [-0.05, 0) is 39.3 Å². The van der Waals surface area contributed by atoms with Crippen LogP contribution >= 0.6 is 0 Å². The van der Waals surface area contributed by atoms with Crippen LogP contribution in [-0.4, -0.2) is 42.7 Å². The van der Waals surface area contributed by atoms with E-state index in [-0.39, 0.29) is 44.9 Å². The summed E-state index contributed by atoms with van der Waals surface area (Å²) in [7, 11) is 0. The Kier molecular flexibility index (Phi) is 7.03. The number of ketones is 2. The number of carbonyl (C=O) groups excluding carboxylic acids is 2. The molecule has 0 aliphatic carbocycles. The number of rotatable bonds is 7. The SMILES string of the molecule is CC[C@@H](C)C(=O)c1c(O)c(Cc2c(O)c(C)c(O)c(C(=O)C(C)C)c2O)c(O)c2c1OC(C)(C)C=C2. The summed E-state index contributed by atoms with van der Waals surface area (Å²) >= 11 is 0. The second-order valence-electron chi connectivity index (χ2n) is 10.2. The molecule has 8 heteroatoms. The molecule has 0 amide bonds. The smallest absolute Gasteiger partial charge is 0.173 e. The van der Waals surface area contributed by atoms with E-state index >= 15 is 0 Å². The van der Waals surface area contributed by atoms with Gasteiger partial charge in [0.2, 0.25) is 0 Å². The van der Waals surface area contributed by atoms with Gasteiger partial charge in [-0.3, -0.25) is 9.59 Å². The van der Waals surface area contributed by atoms with E-state index < -0.39 is 58.4 Å². The number of benzene rings is 2. The Balaban J connectivity index is 2.34. The van der Waals surface area contributed by atoms with E-state index in [1.807, 2.05) is 6.92 Å². The molecular weight excluding hydrogens is 464 g/mol. The fourth-order valence-electron chi connectivity index (χ4n) is 4.21. The zero-order valence-corrected chi connectivity index (χ0v) is 21.7. The minimum absolute atomic E-state index is 0.0374. The van der Waals surface area contributed by atoms with E-state index in [1.54, 1.807) is 46.8 Å². The van der Waals surface area contributed by atoms with Crippen molar-refractivity contribution in [3.05, 3.63) is 39.5 Å². The van der Waals surface area contributed by atoms with Gasteiger partial charge in [0.05, 0.1) is 5.56 Å². The monoisotopic (exact) mass is 498 g/mol. The molecule has 0 saturated carbocycles. The number of Topliss-reactive ketones (excluding diaryl/α,β-unsaturated/α-hetero) is 2. The Morgan fingerprint density at radius 2 is 1.42 bits per heavy atom. The molecule has 1 aliphatic rings. The highest BCUT2D eigenvalue weighted by Gasteiger charge is 2.36. The van der Waals surface area contributed by atoms with Gasteiger partial charge in [0.25, 0.3) is 0 Å². The van der Waals surface area contributed by atoms with Crippen LogP contribution in [0.4, 0.5) is 0 Å². The minimum atomic E-state index is -0.797. The number of hydrogen-bond donors (Lipinski definition) is 5. The number of ether oxygens (including phenoxy) is 1. The average molecular weight is 499 g/mol. The zero-order valence-electron chi connectivity index (χ0n) is 21.7. The molecule has 0 saturated heterocycles. The van der Waals surface area contributed by atoms with Crippen molar-refractivity contribution in [1.82, 2.24) is 0 Å². The fourth-order valence-corrected chi connectivity index (χ4v) is 4.21. The lowest BCUT2D eigenvalue weighted by Gasteiger charge is -2.31. The van der Waals surface area contributed by atoms with Gasteiger partial charge in [-0.2, -0.15) is 0 Å². The van der Waals surface area contributed by atoms with Crippen LogP contribution in [-0.2, 0) is 6.42 Å². The molecule has 3 rings (SSSR count). The zero-order chi connectivity index (χ0) is 27.3. The van der Waals surface area contributed by atoms with Gasteiger partial charge in [0.15, 0.2) is 11.6 Å². The molecule has 194 valence electrons. The molecule has 0 radical (unpaired) electrons. The molecule has 1 aliphatic heterocycles. The van der Waals surface area contributed by atoms with Crippen molar-refractivity contribution in [1.29, 1.82) is 0 Å². The first kappa shape index (κ1) is 26.9. The molecule has 5 N–H and O–H groups in total. The molecule has 0 unspecified atom stereocenters. The summed E-state index contributed by atoms with van der Waals surface area (Å²) in [6.45, 7) is 11.7. The van der Waals surface area contributed by atoms with Crippen molar-refractivity contribution in [2.45, 2.75) is 66.9 Å². The topological polar surface area (TPSA) is 145 Å². The highest BCUT2D eigenvalue weighted by molar-refractivity contribution is 6.05. The molecule has 0 spiro atoms. The number of carbonyl (C=O) groups is 2. The highest BCUT2D eigenvalue weighted by atomic mass is 16.5. The third-order valence-electron chi connectivity index (χ3n) is 6.74. The van der Waals surface area contributed by atoms with Crippen LogP contribution in [0.2, 0.25) is 0 Å². The van der Waals surface area contributed by atoms with E-state index in [4.69, 9.17) is 4.74 Å². The summed E-state index contributed by atoms with van der Waals surface area (Å²) in [4.78, 5) is 26.0. The van der Waals surface area contributed by atoms with Gasteiger partial charge in [-0.1, -0.05) is 27.7 Å². The summed E-state index contributed by atoms with van der Waals surface area (Å²) < 4.78 is 5.99. The van der Waals surface area contributed by atoms with Crippen molar-refractivity contribution in [3.8, 4) is 34.5 Å². The van der Waals surface area contributed by atoms with Crippen molar-refractivity contribution in [3.63, 3.8) is 0 Å². The first-order valence-corrected chi connectivity index (χ1v) is 12.0. The van der Waals surface area contributed by atoms with E-state index in [0.717, 1.165) is 0 Å². The lowest BCUT2D eigenvalue weighted by Crippen LogP contribution is -2.29. The van der Waals surface area contributed by atoms with Gasteiger partial charge < -0.3 is 30.3 Å². The Morgan fingerprint density at radius 1 is 0.861 bits per heavy atom. The average Bonchev–Trinajstić information content (AvgIpc) is 2.80. The van der Waals surface area contributed by atoms with Crippen LogP contribution in [0.25, 0.3) is 6.08 Å². The summed E-state index contributed by atoms with van der Waals surface area (Å²) in [6.07, 6.45) is 3.37. The Hall–Kier alpha value is -3.68. The van der Waals surface area contributed by atoms with E-state index in [1.165, 1.54) is 6.92 Å². The maximum atomic E-state index is 13.3. The number of hydrogen-bond acceptors (Lipinski definition) is 8. The molecule has 0 aromatic heterocycles. The van der Waals surface area contributed by atoms with Gasteiger partial charge >= 0.3 is 0 Å². The van der Waals surface area contributed by atoms with Crippen molar-refractivity contribution in [2.75, 3.05) is 0 Å². The van der Waals surface area contributed by atoms with E-state index in [9.17, 15) is 35.1 Å². The number of fused-ring (bicyclic) bond motifs is 1. The minimum Gasteiger partial charge on any atom is -0.507 e. The van der Waals surface area contributed by atoms with Crippen LogP contribution in [0.5, 0.6) is 34.5 Å². The lowest BCUT2D eigenvalue weighted by molar-refractivity contribution is 0.0907. The van der Waals surface area contributed by atoms with E-state index in [2.05, 4.69) is 0 Å². The van der Waals surface area contributed by atoms with Gasteiger partial charge in [-0.15, -0.1) is 0 Å². The fraction of sp³-hybridized carbons (Fsp3) is 0.429. The van der Waals surface area contributed by atoms with Crippen LogP contribution < -0.4 is 4.74 Å². The first-order valence-electron chi connectivity index (χ1n) is 12.0. The first-order chi connectivity index (χ1) is 16.6. The quantitative estimate of drug-likeness (QED) is 0.321. The van der Waals surface area contributed by atoms with Crippen LogP contribution in [0.15, 0.2) is 6.08 Å². The molecule has 8 nitrogen and oxygen atoms in total. The second-order valence-corrected chi connectivity index (χ2v) is 10.2. The summed E-state index contributed by atoms with van der Waals surface area (Å²) in [5.41, 5.74) is -1.42. The third-order valence-corrected chi connectivity index (χ3v) is 6.74. The summed E-state index contributed by atoms with van der Waals surface area (Å²) in [5, 5.41) is 54.6. The maximum absolute atomic E-state index is 13.3. The molecule has 1 heterocycles. The maximum Gasteiger partial charge on any atom is 0.173 e. The molecule has 1 atom stereocenters. The standard InChI is InChI=1S/C28H34O8/c1-8-13(4)21(30)19-26(35)17(24(33)15-9-10-28(6,7)36-27(15)19)11-16-22(31)14(5)23(32)18(25(16)34)20(29)12(2)3/h9-10,12-13,31-35H,8,11H2,1-7H3/t13-/m1/s1. The highest BCUT2D eigenvalue weighted by Crippen LogP contribution is 2.50. The molecule has 2 aromatic rings. The molecule has 0 fully saturated rings. The number of phenolic OH excluding ortho intramolecular Hbond substituents is 5. The van der Waals surface area contributed by atoms with Crippen LogP contribution in [0.3, 0.4) is 0 Å². The van der Waals surface area contributed by atoms with E-state index in [0.29, 0.717) is 6.42 Å².